The molecule has 3 atom stereocenters. The van der Waals surface area contributed by atoms with Gasteiger partial charge in [0.2, 0.25) is 5.91 Å². The third-order valence-electron chi connectivity index (χ3n) is 13.6. The van der Waals surface area contributed by atoms with Crippen molar-refractivity contribution < 1.29 is 32.9 Å². The van der Waals surface area contributed by atoms with Gasteiger partial charge in [-0.25, -0.2) is 4.57 Å². The maximum absolute atomic E-state index is 12.9. The summed E-state index contributed by atoms with van der Waals surface area (Å²) in [5.74, 6) is -0.142. The van der Waals surface area contributed by atoms with Crippen LogP contribution < -0.4 is 5.32 Å². The van der Waals surface area contributed by atoms with Crippen molar-refractivity contribution in [3.63, 3.8) is 0 Å². The molecule has 0 bridgehead atoms. The minimum Gasteiger partial charge on any atom is -0.391 e. The van der Waals surface area contributed by atoms with Gasteiger partial charge in [0.25, 0.3) is 0 Å². The summed E-state index contributed by atoms with van der Waals surface area (Å²) in [6.45, 7) is 4.77. The molecule has 0 aromatic carbocycles. The molecule has 3 N–H and O–H groups in total. The molecule has 8 nitrogen and oxygen atoms in total. The standard InChI is InChI=1S/C61H117N2O6P/c1-6-8-10-12-14-16-17-18-19-20-21-22-23-24-25-26-27-28-29-30-31-32-33-34-35-36-37-38-39-40-41-42-43-44-45-47-49-51-53-55-61(65)62-59(58-69-70(66,67)68-57-56-63(3,4)5)60(64)54-52-50-48-46-15-13-11-9-7-2/h8,10,14,16,18-19,21-22,59-60,64H,6-7,9,11-13,15,17,20,23-58H2,1-5H3,(H-,62,65,66,67)/p+1/b10-8-,16-14-,19-18-,22-21-. The monoisotopic (exact) mass is 1010 g/mol. The van der Waals surface area contributed by atoms with E-state index >= 15 is 0 Å². The molecule has 3 unspecified atom stereocenters. The number of hydrogen-bond donors (Lipinski definition) is 3. The van der Waals surface area contributed by atoms with E-state index in [-0.39, 0.29) is 19.1 Å². The third-order valence-corrected chi connectivity index (χ3v) is 14.6. The number of hydrogen-bond acceptors (Lipinski definition) is 5. The van der Waals surface area contributed by atoms with Crippen LogP contribution >= 0.6 is 7.82 Å². The number of quaternary nitrogens is 1. The van der Waals surface area contributed by atoms with Gasteiger partial charge in [-0.3, -0.25) is 13.8 Å². The molecule has 412 valence electrons. The van der Waals surface area contributed by atoms with Crippen LogP contribution in [-0.4, -0.2) is 73.4 Å². The predicted octanol–water partition coefficient (Wildman–Crippen LogP) is 18.3. The molecule has 0 spiro atoms. The van der Waals surface area contributed by atoms with Crippen LogP contribution in [0.2, 0.25) is 0 Å². The van der Waals surface area contributed by atoms with Crippen LogP contribution in [0.3, 0.4) is 0 Å². The zero-order valence-electron chi connectivity index (χ0n) is 47.0. The minimum absolute atomic E-state index is 0.0762. The van der Waals surface area contributed by atoms with Gasteiger partial charge >= 0.3 is 7.82 Å². The van der Waals surface area contributed by atoms with Crippen molar-refractivity contribution in [1.82, 2.24) is 5.32 Å². The maximum atomic E-state index is 12.9. The van der Waals surface area contributed by atoms with Crippen molar-refractivity contribution in [3.8, 4) is 0 Å². The second kappa shape index (κ2) is 52.3. The fourth-order valence-electron chi connectivity index (χ4n) is 8.92. The van der Waals surface area contributed by atoms with E-state index in [9.17, 15) is 19.4 Å². The second-order valence-electron chi connectivity index (χ2n) is 21.7. The Bertz CT molecular complexity index is 1280. The maximum Gasteiger partial charge on any atom is 0.472 e. The fraction of sp³-hybridized carbons (Fsp3) is 0.852. The van der Waals surface area contributed by atoms with Crippen LogP contribution in [0.15, 0.2) is 48.6 Å². The largest absolute Gasteiger partial charge is 0.472 e. The fourth-order valence-corrected chi connectivity index (χ4v) is 9.66. The number of carbonyl (C=O) groups excluding carboxylic acids is 1. The van der Waals surface area contributed by atoms with Gasteiger partial charge < -0.3 is 19.8 Å². The number of phosphoric ester groups is 1. The van der Waals surface area contributed by atoms with Gasteiger partial charge in [0.15, 0.2) is 0 Å². The number of nitrogens with zero attached hydrogens (tertiary/aromatic N) is 1. The van der Waals surface area contributed by atoms with E-state index in [1.807, 2.05) is 21.1 Å². The zero-order chi connectivity index (χ0) is 51.3. The first-order valence-electron chi connectivity index (χ1n) is 30.0. The number of phosphoric acid groups is 1. The molecule has 0 saturated carbocycles. The first kappa shape index (κ1) is 68.5. The van der Waals surface area contributed by atoms with Gasteiger partial charge in [-0.05, 0) is 51.4 Å². The summed E-state index contributed by atoms with van der Waals surface area (Å²) >= 11 is 0. The number of likely N-dealkylation sites (N-methyl/N-ethyl adjacent to an activating group) is 1. The van der Waals surface area contributed by atoms with E-state index in [4.69, 9.17) is 9.05 Å². The van der Waals surface area contributed by atoms with Gasteiger partial charge in [0.1, 0.15) is 13.2 Å². The Labute approximate surface area is 435 Å². The van der Waals surface area contributed by atoms with E-state index in [1.165, 1.54) is 193 Å². The molecule has 9 heteroatoms. The summed E-state index contributed by atoms with van der Waals surface area (Å²) in [5, 5.41) is 14.0. The number of unbranched alkanes of at least 4 members (excludes halogenated alkanes) is 34. The molecule has 0 aromatic rings. The van der Waals surface area contributed by atoms with Crippen LogP contribution in [0.1, 0.15) is 284 Å². The summed E-state index contributed by atoms with van der Waals surface area (Å²) in [4.78, 5) is 23.2. The lowest BCUT2D eigenvalue weighted by Crippen LogP contribution is -2.46. The molecule has 70 heavy (non-hydrogen) atoms. The van der Waals surface area contributed by atoms with Crippen LogP contribution in [0.5, 0.6) is 0 Å². The molecule has 0 rings (SSSR count). The number of rotatable bonds is 55. The van der Waals surface area contributed by atoms with Gasteiger partial charge in [-0.2, -0.15) is 0 Å². The Morgan fingerprint density at radius 2 is 0.857 bits per heavy atom. The smallest absolute Gasteiger partial charge is 0.391 e. The molecule has 0 saturated heterocycles. The molecular weight excluding hydrogens is 888 g/mol. The number of allylic oxidation sites excluding steroid dienone is 8. The van der Waals surface area contributed by atoms with Crippen molar-refractivity contribution in [2.75, 3.05) is 40.9 Å². The quantitative estimate of drug-likeness (QED) is 0.0243. The Hall–Kier alpha value is -1.54. The molecule has 0 aromatic heterocycles. The summed E-state index contributed by atoms with van der Waals surface area (Å²) in [6.07, 6.45) is 69.3. The normalized spacial score (nSPS) is 14.2. The first-order chi connectivity index (χ1) is 34.0. The number of amides is 1. The van der Waals surface area contributed by atoms with E-state index in [0.717, 1.165) is 64.2 Å². The highest BCUT2D eigenvalue weighted by Crippen LogP contribution is 2.43. The van der Waals surface area contributed by atoms with Gasteiger partial charge in [0.05, 0.1) is 39.9 Å². The Balaban J connectivity index is 3.77. The van der Waals surface area contributed by atoms with E-state index in [2.05, 4.69) is 67.8 Å². The van der Waals surface area contributed by atoms with Crippen LogP contribution in [0, 0.1) is 0 Å². The van der Waals surface area contributed by atoms with Crippen molar-refractivity contribution in [2.24, 2.45) is 0 Å². The first-order valence-corrected chi connectivity index (χ1v) is 31.5. The number of aliphatic hydroxyl groups is 1. The highest BCUT2D eigenvalue weighted by atomic mass is 31.2. The van der Waals surface area contributed by atoms with Gasteiger partial charge in [-0.1, -0.05) is 274 Å². The Morgan fingerprint density at radius 1 is 0.500 bits per heavy atom. The van der Waals surface area contributed by atoms with Gasteiger partial charge in [-0.15, -0.1) is 0 Å². The summed E-state index contributed by atoms with van der Waals surface area (Å²) in [7, 11) is 1.62. The second-order valence-corrected chi connectivity index (χ2v) is 23.2. The molecule has 0 fully saturated rings. The highest BCUT2D eigenvalue weighted by molar-refractivity contribution is 7.47. The van der Waals surface area contributed by atoms with Crippen LogP contribution in [0.4, 0.5) is 0 Å². The van der Waals surface area contributed by atoms with Crippen LogP contribution in [-0.2, 0) is 18.4 Å². The molecule has 0 aliphatic heterocycles. The van der Waals surface area contributed by atoms with Crippen molar-refractivity contribution in [3.05, 3.63) is 48.6 Å². The van der Waals surface area contributed by atoms with Gasteiger partial charge in [0, 0.05) is 6.42 Å². The van der Waals surface area contributed by atoms with E-state index < -0.39 is 20.0 Å². The van der Waals surface area contributed by atoms with Crippen LogP contribution in [0.25, 0.3) is 0 Å². The van der Waals surface area contributed by atoms with E-state index in [0.29, 0.717) is 23.9 Å². The molecular formula is C61H118N2O6P+. The lowest BCUT2D eigenvalue weighted by Gasteiger charge is -2.26. The number of aliphatic hydroxyl groups excluding tert-OH is 1. The molecule has 0 aliphatic rings. The van der Waals surface area contributed by atoms with E-state index in [1.54, 1.807) is 0 Å². The number of carbonyl (C=O) groups is 1. The average molecular weight is 1010 g/mol. The Morgan fingerprint density at radius 3 is 1.26 bits per heavy atom. The lowest BCUT2D eigenvalue weighted by atomic mass is 10.0. The SMILES string of the molecule is CC/C=C\C/C=C\C/C=C\C/C=C\CCCCCCCCCCCCCCCCCCCCCCCCCCCCC(=O)NC(COP(=O)(O)OCC[N+](C)(C)C)C(O)CCCCCCCCCCC. The Kier molecular flexibility index (Phi) is 51.2. The van der Waals surface area contributed by atoms with Crippen molar-refractivity contribution >= 4 is 13.7 Å². The average Bonchev–Trinajstić information content (AvgIpc) is 3.32. The molecule has 0 heterocycles. The topological polar surface area (TPSA) is 105 Å². The predicted molar refractivity (Wildman–Crippen MR) is 304 cm³/mol. The van der Waals surface area contributed by atoms with Crippen molar-refractivity contribution in [2.45, 2.75) is 296 Å². The molecule has 1 amide bonds. The molecule has 0 radical (unpaired) electrons. The molecule has 0 aliphatic carbocycles. The lowest BCUT2D eigenvalue weighted by molar-refractivity contribution is -0.870. The number of nitrogens with one attached hydrogen (secondary N) is 1. The third kappa shape index (κ3) is 54.2. The summed E-state index contributed by atoms with van der Waals surface area (Å²) < 4.78 is 23.7. The minimum atomic E-state index is -4.31. The zero-order valence-corrected chi connectivity index (χ0v) is 47.9. The summed E-state index contributed by atoms with van der Waals surface area (Å²) in [6, 6.07) is -0.756. The van der Waals surface area contributed by atoms with Crippen molar-refractivity contribution in [1.29, 1.82) is 0 Å². The summed E-state index contributed by atoms with van der Waals surface area (Å²) in [5.41, 5.74) is 0. The highest BCUT2D eigenvalue weighted by Gasteiger charge is 2.28.